The number of hydrogen-bond acceptors (Lipinski definition) is 5. The molecule has 2 heterocycles. The zero-order valence-electron chi connectivity index (χ0n) is 17.4. The fraction of sp³-hybridized carbons (Fsp3) is 0.478. The number of ether oxygens (including phenoxy) is 1. The third-order valence-corrected chi connectivity index (χ3v) is 5.99. The van der Waals surface area contributed by atoms with Crippen LogP contribution in [0.5, 0.6) is 5.75 Å². The maximum Gasteiger partial charge on any atom is 0.243 e. The number of carbonyl (C=O) groups is 1. The molecule has 0 saturated carbocycles. The molecule has 0 spiro atoms. The Hall–Kier alpha value is -2.18. The van der Waals surface area contributed by atoms with Crippen LogP contribution in [-0.4, -0.2) is 42.0 Å². The van der Waals surface area contributed by atoms with Crippen LogP contribution in [-0.2, 0) is 11.4 Å². The van der Waals surface area contributed by atoms with Gasteiger partial charge in [0, 0.05) is 18.0 Å². The lowest BCUT2D eigenvalue weighted by Crippen LogP contribution is -2.35. The molecular weight excluding hydrogens is 382 g/mol. The molecule has 1 amide bonds. The monoisotopic (exact) mass is 413 g/mol. The molecule has 1 N–H and O–H groups in total. The highest BCUT2D eigenvalue weighted by Gasteiger charge is 2.14. The van der Waals surface area contributed by atoms with Crippen LogP contribution in [0.15, 0.2) is 35.7 Å². The van der Waals surface area contributed by atoms with Crippen molar-refractivity contribution in [2.45, 2.75) is 39.7 Å². The molecule has 0 aliphatic carbocycles. The number of aromatic nitrogens is 1. The van der Waals surface area contributed by atoms with Gasteiger partial charge in [-0.05, 0) is 75.5 Å². The first-order valence-corrected chi connectivity index (χ1v) is 11.3. The molecule has 1 aliphatic heterocycles. The number of nitrogens with zero attached hydrogens (tertiary/aromatic N) is 2. The van der Waals surface area contributed by atoms with E-state index in [1.54, 1.807) is 17.4 Å². The number of thiazole rings is 1. The molecule has 0 unspecified atom stereocenters. The summed E-state index contributed by atoms with van der Waals surface area (Å²) in [5.41, 5.74) is 1.88. The number of nitrogens with one attached hydrogen (secondary N) is 1. The maximum absolute atomic E-state index is 12.1. The lowest BCUT2D eigenvalue weighted by atomic mass is 9.99. The van der Waals surface area contributed by atoms with Gasteiger partial charge in [0.1, 0.15) is 12.4 Å². The van der Waals surface area contributed by atoms with Gasteiger partial charge in [0.15, 0.2) is 0 Å². The van der Waals surface area contributed by atoms with Gasteiger partial charge >= 0.3 is 0 Å². The summed E-state index contributed by atoms with van der Waals surface area (Å²) < 4.78 is 5.80. The predicted octanol–water partition coefficient (Wildman–Crippen LogP) is 4.28. The summed E-state index contributed by atoms with van der Waals surface area (Å²) in [4.78, 5) is 19.0. The van der Waals surface area contributed by atoms with Crippen LogP contribution in [0.25, 0.3) is 6.08 Å². The molecule has 0 bridgehead atoms. The molecule has 156 valence electrons. The quantitative estimate of drug-likeness (QED) is 0.492. The summed E-state index contributed by atoms with van der Waals surface area (Å²) in [5.74, 6) is 1.58. The third kappa shape index (κ3) is 7.63. The smallest absolute Gasteiger partial charge is 0.243 e. The SMILES string of the molecule is Cc1nc(COc2cccc(/C=C/C(=O)NCCCN3CCC(C)CC3)c2)cs1. The van der Waals surface area contributed by atoms with E-state index >= 15 is 0 Å². The average Bonchev–Trinajstić information content (AvgIpc) is 3.15. The summed E-state index contributed by atoms with van der Waals surface area (Å²) in [5, 5.41) is 6.02. The number of rotatable bonds is 9. The number of aryl methyl sites for hydroxylation is 1. The molecule has 1 saturated heterocycles. The standard InChI is InChI=1S/C23H31N3O2S/c1-18-9-13-26(14-10-18)12-4-11-24-23(27)8-7-20-5-3-6-22(15-20)28-16-21-17-29-19(2)25-21/h3,5-8,15,17-18H,4,9-14,16H2,1-2H3,(H,24,27)/b8-7+. The lowest BCUT2D eigenvalue weighted by Gasteiger charge is -2.30. The molecule has 3 rings (SSSR count). The highest BCUT2D eigenvalue weighted by Crippen LogP contribution is 2.17. The van der Waals surface area contributed by atoms with E-state index in [0.29, 0.717) is 13.2 Å². The second-order valence-electron chi connectivity index (χ2n) is 7.72. The van der Waals surface area contributed by atoms with Gasteiger partial charge in [0.2, 0.25) is 5.91 Å². The Morgan fingerprint density at radius 2 is 2.21 bits per heavy atom. The van der Waals surface area contributed by atoms with E-state index in [4.69, 9.17) is 4.74 Å². The van der Waals surface area contributed by atoms with Crippen molar-refractivity contribution in [3.8, 4) is 5.75 Å². The predicted molar refractivity (Wildman–Crippen MR) is 119 cm³/mol. The van der Waals surface area contributed by atoms with Crippen LogP contribution < -0.4 is 10.1 Å². The van der Waals surface area contributed by atoms with Crippen molar-refractivity contribution in [1.82, 2.24) is 15.2 Å². The molecule has 1 aromatic heterocycles. The molecule has 0 atom stereocenters. The van der Waals surface area contributed by atoms with Crippen LogP contribution in [0.2, 0.25) is 0 Å². The molecule has 5 nitrogen and oxygen atoms in total. The minimum atomic E-state index is -0.0541. The van der Waals surface area contributed by atoms with Crippen LogP contribution in [0.3, 0.4) is 0 Å². The van der Waals surface area contributed by atoms with E-state index in [-0.39, 0.29) is 5.91 Å². The van der Waals surface area contributed by atoms with Crippen LogP contribution in [0, 0.1) is 12.8 Å². The average molecular weight is 414 g/mol. The summed E-state index contributed by atoms with van der Waals surface area (Å²) >= 11 is 1.62. The fourth-order valence-electron chi connectivity index (χ4n) is 3.37. The lowest BCUT2D eigenvalue weighted by molar-refractivity contribution is -0.116. The molecule has 6 heteroatoms. The third-order valence-electron chi connectivity index (χ3n) is 5.17. The number of carbonyl (C=O) groups excluding carboxylic acids is 1. The molecular formula is C23H31N3O2S. The molecule has 0 radical (unpaired) electrons. The van der Waals surface area contributed by atoms with E-state index in [0.717, 1.165) is 40.9 Å². The van der Waals surface area contributed by atoms with Gasteiger partial charge in [-0.3, -0.25) is 4.79 Å². The minimum Gasteiger partial charge on any atom is -0.487 e. The Balaban J connectivity index is 1.37. The highest BCUT2D eigenvalue weighted by atomic mass is 32.1. The number of benzene rings is 1. The second-order valence-corrected chi connectivity index (χ2v) is 8.78. The van der Waals surface area contributed by atoms with Crippen LogP contribution in [0.1, 0.15) is 42.5 Å². The Labute approximate surface area is 177 Å². The van der Waals surface area contributed by atoms with Crippen LogP contribution >= 0.6 is 11.3 Å². The molecule has 1 aliphatic rings. The van der Waals surface area contributed by atoms with Crippen molar-refractivity contribution in [3.05, 3.63) is 52.0 Å². The molecule has 1 fully saturated rings. The number of piperidine rings is 1. The van der Waals surface area contributed by atoms with Gasteiger partial charge in [-0.15, -0.1) is 11.3 Å². The van der Waals surface area contributed by atoms with E-state index in [2.05, 4.69) is 22.1 Å². The fourth-order valence-corrected chi connectivity index (χ4v) is 3.97. The first-order chi connectivity index (χ1) is 14.1. The molecule has 1 aromatic carbocycles. The number of amides is 1. The van der Waals surface area contributed by atoms with E-state index in [1.165, 1.54) is 25.9 Å². The van der Waals surface area contributed by atoms with Crippen LogP contribution in [0.4, 0.5) is 0 Å². The Morgan fingerprint density at radius 1 is 1.38 bits per heavy atom. The number of hydrogen-bond donors (Lipinski definition) is 1. The normalized spacial score (nSPS) is 15.7. The van der Waals surface area contributed by atoms with Crippen molar-refractivity contribution < 1.29 is 9.53 Å². The zero-order valence-corrected chi connectivity index (χ0v) is 18.2. The van der Waals surface area contributed by atoms with Gasteiger partial charge in [0.05, 0.1) is 10.7 Å². The summed E-state index contributed by atoms with van der Waals surface area (Å²) in [7, 11) is 0. The van der Waals surface area contributed by atoms with Gasteiger partial charge in [-0.1, -0.05) is 19.1 Å². The van der Waals surface area contributed by atoms with Crippen molar-refractivity contribution >= 4 is 23.3 Å². The first-order valence-electron chi connectivity index (χ1n) is 10.4. The van der Waals surface area contributed by atoms with Gasteiger partial charge in [0.25, 0.3) is 0 Å². The summed E-state index contributed by atoms with van der Waals surface area (Å²) in [6.45, 7) is 8.92. The van der Waals surface area contributed by atoms with E-state index in [9.17, 15) is 4.79 Å². The zero-order chi connectivity index (χ0) is 20.5. The van der Waals surface area contributed by atoms with Gasteiger partial charge in [-0.2, -0.15) is 0 Å². The van der Waals surface area contributed by atoms with Crippen molar-refractivity contribution in [1.29, 1.82) is 0 Å². The summed E-state index contributed by atoms with van der Waals surface area (Å²) in [6, 6.07) is 7.73. The van der Waals surface area contributed by atoms with E-state index < -0.39 is 0 Å². The maximum atomic E-state index is 12.1. The Bertz CT molecular complexity index is 810. The van der Waals surface area contributed by atoms with Crippen molar-refractivity contribution in [2.24, 2.45) is 5.92 Å². The van der Waals surface area contributed by atoms with Crippen molar-refractivity contribution in [3.63, 3.8) is 0 Å². The topological polar surface area (TPSA) is 54.5 Å². The minimum absolute atomic E-state index is 0.0541. The van der Waals surface area contributed by atoms with E-state index in [1.807, 2.05) is 42.6 Å². The van der Waals surface area contributed by atoms with Gasteiger partial charge < -0.3 is 15.0 Å². The first kappa shape index (κ1) is 21.5. The largest absolute Gasteiger partial charge is 0.487 e. The molecule has 2 aromatic rings. The Kier molecular flexibility index (Phi) is 8.25. The highest BCUT2D eigenvalue weighted by molar-refractivity contribution is 7.09. The Morgan fingerprint density at radius 3 is 2.97 bits per heavy atom. The second kappa shape index (κ2) is 11.1. The summed E-state index contributed by atoms with van der Waals surface area (Å²) in [6.07, 6.45) is 6.99. The molecule has 29 heavy (non-hydrogen) atoms. The van der Waals surface area contributed by atoms with Gasteiger partial charge in [-0.25, -0.2) is 4.98 Å². The van der Waals surface area contributed by atoms with Crippen molar-refractivity contribution in [2.75, 3.05) is 26.2 Å². The number of likely N-dealkylation sites (tertiary alicyclic amines) is 1.